The van der Waals surface area contributed by atoms with Crippen molar-refractivity contribution in [1.29, 1.82) is 0 Å². The van der Waals surface area contributed by atoms with Gasteiger partial charge in [0.15, 0.2) is 11.5 Å². The maximum atomic E-state index is 12.9. The van der Waals surface area contributed by atoms with Gasteiger partial charge in [-0.15, -0.1) is 0 Å². The molecule has 0 N–H and O–H groups in total. The minimum absolute atomic E-state index is 0.440. The predicted octanol–water partition coefficient (Wildman–Crippen LogP) is 4.87. The van der Waals surface area contributed by atoms with E-state index in [1.807, 2.05) is 25.1 Å². The SMILES string of the molecule is CCCOc1c(I)cc(C=NN2C(=O)c3cccc4cccc(c34)C2=O)cc1OC. The standard InChI is InChI=1S/C23H19IN2O4/c1-3-10-30-21-18(24)11-14(12-19(21)29-2)13-25-26-22(27)16-8-4-6-15-7-5-9-17(20(15)16)23(26)28/h4-9,11-13H,3,10H2,1-2H3. The molecule has 1 aliphatic heterocycles. The van der Waals surface area contributed by atoms with Crippen molar-refractivity contribution in [2.45, 2.75) is 13.3 Å². The summed E-state index contributed by atoms with van der Waals surface area (Å²) in [6, 6.07) is 14.5. The lowest BCUT2D eigenvalue weighted by molar-refractivity contribution is 0.0616. The lowest BCUT2D eigenvalue weighted by atomic mass is 9.95. The third kappa shape index (κ3) is 3.54. The Morgan fingerprint density at radius 3 is 2.33 bits per heavy atom. The Morgan fingerprint density at radius 2 is 1.73 bits per heavy atom. The van der Waals surface area contributed by atoms with Crippen molar-refractivity contribution >= 4 is 51.4 Å². The Balaban J connectivity index is 1.69. The number of carbonyl (C=O) groups is 2. The number of ether oxygens (including phenoxy) is 2. The van der Waals surface area contributed by atoms with Crippen molar-refractivity contribution in [2.75, 3.05) is 13.7 Å². The Bertz CT molecular complexity index is 1140. The first-order valence-electron chi connectivity index (χ1n) is 9.50. The number of benzene rings is 3. The number of hydrogen-bond donors (Lipinski definition) is 0. The zero-order valence-electron chi connectivity index (χ0n) is 16.5. The Labute approximate surface area is 187 Å². The van der Waals surface area contributed by atoms with Crippen LogP contribution >= 0.6 is 22.6 Å². The van der Waals surface area contributed by atoms with Crippen molar-refractivity contribution in [2.24, 2.45) is 5.10 Å². The van der Waals surface area contributed by atoms with Gasteiger partial charge in [0, 0.05) is 5.39 Å². The first-order chi connectivity index (χ1) is 14.5. The van der Waals surface area contributed by atoms with E-state index in [9.17, 15) is 9.59 Å². The van der Waals surface area contributed by atoms with Gasteiger partial charge in [-0.3, -0.25) is 9.59 Å². The number of methoxy groups -OCH3 is 1. The third-order valence-corrected chi connectivity index (χ3v) is 5.58. The van der Waals surface area contributed by atoms with Gasteiger partial charge in [-0.25, -0.2) is 0 Å². The number of hydrogen-bond acceptors (Lipinski definition) is 5. The van der Waals surface area contributed by atoms with E-state index < -0.39 is 11.8 Å². The highest BCUT2D eigenvalue weighted by Gasteiger charge is 2.32. The van der Waals surface area contributed by atoms with Crippen molar-refractivity contribution in [1.82, 2.24) is 5.01 Å². The maximum Gasteiger partial charge on any atom is 0.282 e. The molecule has 0 bridgehead atoms. The molecule has 6 nitrogen and oxygen atoms in total. The molecule has 4 rings (SSSR count). The number of nitrogens with zero attached hydrogens (tertiary/aromatic N) is 2. The van der Waals surface area contributed by atoms with Crippen molar-refractivity contribution in [3.8, 4) is 11.5 Å². The normalized spacial score (nSPS) is 13.4. The summed E-state index contributed by atoms with van der Waals surface area (Å²) in [5, 5.41) is 6.67. The summed E-state index contributed by atoms with van der Waals surface area (Å²) in [4.78, 5) is 25.9. The van der Waals surface area contributed by atoms with Gasteiger partial charge in [0.1, 0.15) is 0 Å². The molecule has 3 aromatic carbocycles. The molecule has 7 heteroatoms. The molecular formula is C23H19IN2O4. The van der Waals surface area contributed by atoms with Crippen LogP contribution < -0.4 is 9.47 Å². The number of halogens is 1. The molecule has 0 radical (unpaired) electrons. The molecule has 1 aliphatic rings. The summed E-state index contributed by atoms with van der Waals surface area (Å²) in [5.41, 5.74) is 1.63. The molecule has 0 fully saturated rings. The molecule has 2 amide bonds. The fourth-order valence-corrected chi connectivity index (χ4v) is 4.19. The van der Waals surface area contributed by atoms with Crippen molar-refractivity contribution < 1.29 is 19.1 Å². The second-order valence-electron chi connectivity index (χ2n) is 6.76. The van der Waals surface area contributed by atoms with Crippen LogP contribution in [0.1, 0.15) is 39.6 Å². The minimum Gasteiger partial charge on any atom is -0.493 e. The average molecular weight is 514 g/mol. The molecule has 0 saturated carbocycles. The Morgan fingerprint density at radius 1 is 1.07 bits per heavy atom. The number of imide groups is 1. The van der Waals surface area contributed by atoms with Gasteiger partial charge in [-0.2, -0.15) is 10.1 Å². The summed E-state index contributed by atoms with van der Waals surface area (Å²) in [6.07, 6.45) is 2.37. The second-order valence-corrected chi connectivity index (χ2v) is 7.92. The minimum atomic E-state index is -0.440. The van der Waals surface area contributed by atoms with Crippen LogP contribution in [0, 0.1) is 3.57 Å². The van der Waals surface area contributed by atoms with Gasteiger partial charge in [0.2, 0.25) is 0 Å². The fourth-order valence-electron chi connectivity index (χ4n) is 3.41. The summed E-state index contributed by atoms with van der Waals surface area (Å²) in [5.74, 6) is 0.362. The first-order valence-corrected chi connectivity index (χ1v) is 10.6. The molecule has 30 heavy (non-hydrogen) atoms. The molecular weight excluding hydrogens is 495 g/mol. The molecule has 152 valence electrons. The molecule has 1 heterocycles. The molecule has 0 spiro atoms. The summed E-state index contributed by atoms with van der Waals surface area (Å²) < 4.78 is 12.1. The fraction of sp³-hybridized carbons (Fsp3) is 0.174. The van der Waals surface area contributed by atoms with E-state index in [0.29, 0.717) is 40.2 Å². The number of hydrazone groups is 1. The quantitative estimate of drug-likeness (QED) is 0.268. The van der Waals surface area contributed by atoms with Crippen LogP contribution in [0.5, 0.6) is 11.5 Å². The second kappa shape index (κ2) is 8.43. The lowest BCUT2D eigenvalue weighted by Gasteiger charge is -2.23. The zero-order chi connectivity index (χ0) is 21.3. The largest absolute Gasteiger partial charge is 0.493 e. The summed E-state index contributed by atoms with van der Waals surface area (Å²) in [6.45, 7) is 2.62. The number of carbonyl (C=O) groups excluding carboxylic acids is 2. The monoisotopic (exact) mass is 514 g/mol. The number of amides is 2. The highest BCUT2D eigenvalue weighted by atomic mass is 127. The topological polar surface area (TPSA) is 68.2 Å². The van der Waals surface area contributed by atoms with Crippen LogP contribution in [0.25, 0.3) is 10.8 Å². The van der Waals surface area contributed by atoms with Crippen LogP contribution in [0.15, 0.2) is 53.6 Å². The van der Waals surface area contributed by atoms with Gasteiger partial charge >= 0.3 is 0 Å². The highest BCUT2D eigenvalue weighted by Crippen LogP contribution is 2.34. The van der Waals surface area contributed by atoms with Crippen LogP contribution in [0.2, 0.25) is 0 Å². The van der Waals surface area contributed by atoms with Crippen molar-refractivity contribution in [3.05, 3.63) is 68.8 Å². The zero-order valence-corrected chi connectivity index (χ0v) is 18.7. The molecule has 0 saturated heterocycles. The van der Waals surface area contributed by atoms with Gasteiger partial charge < -0.3 is 9.47 Å². The van der Waals surface area contributed by atoms with E-state index in [1.54, 1.807) is 37.4 Å². The Kier molecular flexibility index (Phi) is 5.72. The van der Waals surface area contributed by atoms with Crippen LogP contribution in [-0.4, -0.2) is 36.8 Å². The van der Waals surface area contributed by atoms with Crippen molar-refractivity contribution in [3.63, 3.8) is 0 Å². The Hall–Kier alpha value is -2.94. The average Bonchev–Trinajstić information content (AvgIpc) is 2.76. The van der Waals surface area contributed by atoms with E-state index >= 15 is 0 Å². The smallest absolute Gasteiger partial charge is 0.282 e. The van der Waals surface area contributed by atoms with Crippen LogP contribution in [0.3, 0.4) is 0 Å². The van der Waals surface area contributed by atoms with Crippen LogP contribution in [0.4, 0.5) is 0 Å². The van der Waals surface area contributed by atoms with E-state index in [4.69, 9.17) is 9.47 Å². The summed E-state index contributed by atoms with van der Waals surface area (Å²) in [7, 11) is 1.57. The lowest BCUT2D eigenvalue weighted by Crippen LogP contribution is -2.36. The van der Waals surface area contributed by atoms with Gasteiger partial charge in [-0.1, -0.05) is 31.2 Å². The van der Waals surface area contributed by atoms with E-state index in [1.165, 1.54) is 6.21 Å². The predicted molar refractivity (Wildman–Crippen MR) is 124 cm³/mol. The molecule has 0 atom stereocenters. The van der Waals surface area contributed by atoms with Gasteiger partial charge in [0.05, 0.1) is 34.6 Å². The van der Waals surface area contributed by atoms with Gasteiger partial charge in [0.25, 0.3) is 11.8 Å². The van der Waals surface area contributed by atoms with Crippen LogP contribution in [-0.2, 0) is 0 Å². The van der Waals surface area contributed by atoms with E-state index in [-0.39, 0.29) is 0 Å². The molecule has 0 aromatic heterocycles. The van der Waals surface area contributed by atoms with E-state index in [0.717, 1.165) is 20.4 Å². The van der Waals surface area contributed by atoms with E-state index in [2.05, 4.69) is 27.7 Å². The molecule has 0 aliphatic carbocycles. The summed E-state index contributed by atoms with van der Waals surface area (Å²) >= 11 is 2.17. The third-order valence-electron chi connectivity index (χ3n) is 4.77. The molecule has 0 unspecified atom stereocenters. The first kappa shape index (κ1) is 20.3. The highest BCUT2D eigenvalue weighted by molar-refractivity contribution is 14.1. The molecule has 3 aromatic rings. The maximum absolute atomic E-state index is 12.9. The van der Waals surface area contributed by atoms with Gasteiger partial charge in [-0.05, 0) is 64.2 Å². The number of rotatable bonds is 6.